The number of rotatable bonds is 4. The van der Waals surface area contributed by atoms with Crippen LogP contribution in [0.4, 0.5) is 0 Å². The van der Waals surface area contributed by atoms with Crippen LogP contribution in [0.15, 0.2) is 18.2 Å². The van der Waals surface area contributed by atoms with E-state index < -0.39 is 0 Å². The minimum absolute atomic E-state index is 0.0897. The average Bonchev–Trinajstić information content (AvgIpc) is 2.96. The molecule has 2 heterocycles. The van der Waals surface area contributed by atoms with Crippen LogP contribution in [0.1, 0.15) is 11.1 Å². The normalized spacial score (nSPS) is 18.4. The summed E-state index contributed by atoms with van der Waals surface area (Å²) in [4.78, 5) is 16.0. The molecule has 3 rings (SSSR count). The average molecular weight is 290 g/mol. The predicted molar refractivity (Wildman–Crippen MR) is 79.4 cm³/mol. The van der Waals surface area contributed by atoms with E-state index in [9.17, 15) is 4.79 Å². The van der Waals surface area contributed by atoms with Crippen LogP contribution < -0.4 is 4.74 Å². The minimum atomic E-state index is 0.0897. The van der Waals surface area contributed by atoms with Crippen molar-refractivity contribution in [3.63, 3.8) is 0 Å². The lowest BCUT2D eigenvalue weighted by Crippen LogP contribution is -2.49. The molecular weight excluding hydrogens is 268 g/mol. The van der Waals surface area contributed by atoms with Crippen LogP contribution >= 0.6 is 0 Å². The fraction of sp³-hybridized carbons (Fsp3) is 0.562. The molecule has 1 aromatic rings. The van der Waals surface area contributed by atoms with Crippen molar-refractivity contribution < 1.29 is 14.3 Å². The van der Waals surface area contributed by atoms with E-state index >= 15 is 0 Å². The van der Waals surface area contributed by atoms with E-state index in [0.29, 0.717) is 0 Å². The Morgan fingerprint density at radius 2 is 2.10 bits per heavy atom. The molecule has 5 heteroatoms. The molecule has 0 N–H and O–H groups in total. The Hall–Kier alpha value is -1.59. The Morgan fingerprint density at radius 1 is 1.29 bits per heavy atom. The van der Waals surface area contributed by atoms with Gasteiger partial charge in [0.15, 0.2) is 0 Å². The number of benzene rings is 1. The van der Waals surface area contributed by atoms with Gasteiger partial charge in [-0.1, -0.05) is 12.1 Å². The highest BCUT2D eigenvalue weighted by atomic mass is 16.5. The largest absolute Gasteiger partial charge is 0.493 e. The number of carbonyl (C=O) groups is 1. The summed E-state index contributed by atoms with van der Waals surface area (Å²) in [7, 11) is 1.56. The van der Waals surface area contributed by atoms with Crippen LogP contribution in [0, 0.1) is 0 Å². The van der Waals surface area contributed by atoms with Crippen molar-refractivity contribution in [1.82, 2.24) is 9.80 Å². The van der Waals surface area contributed by atoms with Crippen LogP contribution in [0.5, 0.6) is 5.75 Å². The van der Waals surface area contributed by atoms with E-state index in [2.05, 4.69) is 23.1 Å². The first-order chi connectivity index (χ1) is 10.3. The molecule has 0 aliphatic carbocycles. The summed E-state index contributed by atoms with van der Waals surface area (Å²) in [5, 5.41) is 0. The first-order valence-corrected chi connectivity index (χ1v) is 7.50. The third-order valence-electron chi connectivity index (χ3n) is 4.15. The van der Waals surface area contributed by atoms with Gasteiger partial charge in [0.2, 0.25) is 5.91 Å². The molecule has 0 saturated carbocycles. The summed E-state index contributed by atoms with van der Waals surface area (Å²) < 4.78 is 10.4. The van der Waals surface area contributed by atoms with Gasteiger partial charge >= 0.3 is 0 Å². The molecule has 2 aliphatic rings. The molecule has 0 radical (unpaired) electrons. The fourth-order valence-electron chi connectivity index (χ4n) is 2.97. The highest BCUT2D eigenvalue weighted by Crippen LogP contribution is 2.26. The van der Waals surface area contributed by atoms with Crippen molar-refractivity contribution >= 4 is 5.91 Å². The molecule has 0 unspecified atom stereocenters. The van der Waals surface area contributed by atoms with Gasteiger partial charge in [-0.3, -0.25) is 9.69 Å². The summed E-state index contributed by atoms with van der Waals surface area (Å²) in [6.45, 7) is 5.35. The fourth-order valence-corrected chi connectivity index (χ4v) is 2.97. The Bertz CT molecular complexity index is 510. The smallest absolute Gasteiger partial charge is 0.248 e. The quantitative estimate of drug-likeness (QED) is 0.827. The maximum absolute atomic E-state index is 11.8. The zero-order chi connectivity index (χ0) is 14.7. The molecule has 1 aromatic carbocycles. The summed E-state index contributed by atoms with van der Waals surface area (Å²) in [6, 6.07) is 6.48. The summed E-state index contributed by atoms with van der Waals surface area (Å²) >= 11 is 0. The number of hydrogen-bond acceptors (Lipinski definition) is 4. The second-order valence-electron chi connectivity index (χ2n) is 5.63. The Labute approximate surface area is 125 Å². The van der Waals surface area contributed by atoms with Crippen molar-refractivity contribution in [2.75, 3.05) is 46.5 Å². The molecule has 1 amide bonds. The topological polar surface area (TPSA) is 42.0 Å². The van der Waals surface area contributed by atoms with Gasteiger partial charge in [-0.05, 0) is 17.2 Å². The standard InChI is InChI=1S/C16H22N2O3/c1-20-12-16(19)18-7-5-17(6-8-18)11-13-2-3-15-14(10-13)4-9-21-15/h2-3,10H,4-9,11-12H2,1H3. The number of fused-ring (bicyclic) bond motifs is 1. The van der Waals surface area contributed by atoms with Crippen LogP contribution in [0.3, 0.4) is 0 Å². The van der Waals surface area contributed by atoms with Gasteiger partial charge < -0.3 is 14.4 Å². The van der Waals surface area contributed by atoms with Gasteiger partial charge in [0, 0.05) is 46.3 Å². The Balaban J connectivity index is 1.52. The molecule has 0 atom stereocenters. The summed E-state index contributed by atoms with van der Waals surface area (Å²) in [5.74, 6) is 1.13. The zero-order valence-electron chi connectivity index (χ0n) is 12.5. The van der Waals surface area contributed by atoms with Crippen molar-refractivity contribution in [1.29, 1.82) is 0 Å². The first-order valence-electron chi connectivity index (χ1n) is 7.50. The predicted octanol–water partition coefficient (Wildman–Crippen LogP) is 0.912. The lowest BCUT2D eigenvalue weighted by Gasteiger charge is -2.34. The first kappa shape index (κ1) is 14.4. The van der Waals surface area contributed by atoms with Crippen LogP contribution in [-0.2, 0) is 22.5 Å². The maximum Gasteiger partial charge on any atom is 0.248 e. The van der Waals surface area contributed by atoms with E-state index in [1.807, 2.05) is 4.90 Å². The van der Waals surface area contributed by atoms with Crippen molar-refractivity contribution in [3.8, 4) is 5.75 Å². The second-order valence-corrected chi connectivity index (χ2v) is 5.63. The van der Waals surface area contributed by atoms with Crippen molar-refractivity contribution in [3.05, 3.63) is 29.3 Å². The summed E-state index contributed by atoms with van der Waals surface area (Å²) in [6.07, 6.45) is 1.02. The molecule has 21 heavy (non-hydrogen) atoms. The molecular formula is C16H22N2O3. The monoisotopic (exact) mass is 290 g/mol. The number of amides is 1. The maximum atomic E-state index is 11.8. The molecule has 5 nitrogen and oxygen atoms in total. The number of piperazine rings is 1. The SMILES string of the molecule is COCC(=O)N1CCN(Cc2ccc3c(c2)CCO3)CC1. The molecule has 0 bridgehead atoms. The Morgan fingerprint density at radius 3 is 2.86 bits per heavy atom. The number of carbonyl (C=O) groups excluding carboxylic acids is 1. The second kappa shape index (κ2) is 6.45. The minimum Gasteiger partial charge on any atom is -0.493 e. The third kappa shape index (κ3) is 3.36. The number of nitrogens with zero attached hydrogens (tertiary/aromatic N) is 2. The van der Waals surface area contributed by atoms with Gasteiger partial charge in [0.1, 0.15) is 12.4 Å². The van der Waals surface area contributed by atoms with Gasteiger partial charge in [-0.15, -0.1) is 0 Å². The van der Waals surface area contributed by atoms with Crippen LogP contribution in [0.2, 0.25) is 0 Å². The highest BCUT2D eigenvalue weighted by molar-refractivity contribution is 5.77. The molecule has 1 saturated heterocycles. The molecule has 0 spiro atoms. The van der Waals surface area contributed by atoms with Crippen LogP contribution in [-0.4, -0.2) is 62.2 Å². The van der Waals surface area contributed by atoms with E-state index in [-0.39, 0.29) is 12.5 Å². The van der Waals surface area contributed by atoms with Crippen LogP contribution in [0.25, 0.3) is 0 Å². The van der Waals surface area contributed by atoms with Gasteiger partial charge in [0.25, 0.3) is 0 Å². The van der Waals surface area contributed by atoms with Gasteiger partial charge in [-0.25, -0.2) is 0 Å². The molecule has 2 aliphatic heterocycles. The third-order valence-corrected chi connectivity index (χ3v) is 4.15. The highest BCUT2D eigenvalue weighted by Gasteiger charge is 2.21. The van der Waals surface area contributed by atoms with E-state index in [1.54, 1.807) is 7.11 Å². The van der Waals surface area contributed by atoms with Crippen molar-refractivity contribution in [2.45, 2.75) is 13.0 Å². The molecule has 1 fully saturated rings. The number of hydrogen-bond donors (Lipinski definition) is 0. The van der Waals surface area contributed by atoms with E-state index in [0.717, 1.165) is 51.5 Å². The lowest BCUT2D eigenvalue weighted by molar-refractivity contribution is -0.136. The lowest BCUT2D eigenvalue weighted by atomic mass is 10.1. The van der Waals surface area contributed by atoms with Crippen molar-refractivity contribution in [2.24, 2.45) is 0 Å². The van der Waals surface area contributed by atoms with E-state index in [1.165, 1.54) is 11.1 Å². The molecule has 0 aromatic heterocycles. The zero-order valence-corrected chi connectivity index (χ0v) is 12.5. The van der Waals surface area contributed by atoms with E-state index in [4.69, 9.17) is 9.47 Å². The Kier molecular flexibility index (Phi) is 4.41. The molecule has 114 valence electrons. The number of ether oxygens (including phenoxy) is 2. The van der Waals surface area contributed by atoms with Gasteiger partial charge in [-0.2, -0.15) is 0 Å². The summed E-state index contributed by atoms with van der Waals surface area (Å²) in [5.41, 5.74) is 2.65. The number of methoxy groups -OCH3 is 1. The van der Waals surface area contributed by atoms with Gasteiger partial charge in [0.05, 0.1) is 6.61 Å².